The molecule has 2 aromatic carbocycles. The molecule has 2 rings (SSSR count). The summed E-state index contributed by atoms with van der Waals surface area (Å²) in [5.41, 5.74) is -0.910. The average Bonchev–Trinajstić information content (AvgIpc) is 2.77. The first-order chi connectivity index (χ1) is 15.4. The second-order valence-electron chi connectivity index (χ2n) is 6.65. The van der Waals surface area contributed by atoms with Crippen molar-refractivity contribution in [3.05, 3.63) is 53.6 Å². The predicted molar refractivity (Wildman–Crippen MR) is 113 cm³/mol. The lowest BCUT2D eigenvalue weighted by molar-refractivity contribution is -0.137. The Morgan fingerprint density at radius 3 is 2.15 bits per heavy atom. The van der Waals surface area contributed by atoms with Crippen LogP contribution in [0.25, 0.3) is 0 Å². The van der Waals surface area contributed by atoms with Gasteiger partial charge in [-0.05, 0) is 42.5 Å². The first-order valence-electron chi connectivity index (χ1n) is 9.76. The lowest BCUT2D eigenvalue weighted by Gasteiger charge is -2.20. The van der Waals surface area contributed by atoms with Crippen molar-refractivity contribution in [1.82, 2.24) is 4.31 Å². The summed E-state index contributed by atoms with van der Waals surface area (Å²) in [5.74, 6) is -1.71. The van der Waals surface area contributed by atoms with Gasteiger partial charge < -0.3 is 14.8 Å². The molecule has 0 fully saturated rings. The van der Waals surface area contributed by atoms with E-state index in [9.17, 15) is 31.2 Å². The molecule has 8 nitrogen and oxygen atoms in total. The molecule has 0 atom stereocenters. The summed E-state index contributed by atoms with van der Waals surface area (Å²) >= 11 is 0. The van der Waals surface area contributed by atoms with E-state index in [2.05, 4.69) is 5.32 Å². The van der Waals surface area contributed by atoms with Gasteiger partial charge in [0.2, 0.25) is 10.0 Å². The highest BCUT2D eigenvalue weighted by Crippen LogP contribution is 2.30. The van der Waals surface area contributed by atoms with Crippen molar-refractivity contribution in [2.24, 2.45) is 0 Å². The number of nitrogens with one attached hydrogen (secondary N) is 1. The lowest BCUT2D eigenvalue weighted by atomic mass is 10.2. The molecule has 0 aliphatic heterocycles. The van der Waals surface area contributed by atoms with Crippen LogP contribution in [-0.2, 0) is 25.7 Å². The number of sulfonamides is 1. The van der Waals surface area contributed by atoms with E-state index in [4.69, 9.17) is 9.47 Å². The third-order valence-corrected chi connectivity index (χ3v) is 6.62. The van der Waals surface area contributed by atoms with Crippen molar-refractivity contribution in [2.75, 3.05) is 32.1 Å². The SMILES string of the molecule is CCN(CC)S(=O)(=O)c1cc(C(=O)OCC(=O)Nc2ccc(C(F)(F)F)cc2)ccc1OC. The fourth-order valence-electron chi connectivity index (χ4n) is 2.86. The number of hydrogen-bond donors (Lipinski definition) is 1. The largest absolute Gasteiger partial charge is 0.495 e. The monoisotopic (exact) mass is 488 g/mol. The minimum absolute atomic E-state index is 0.0403. The molecule has 0 heterocycles. The molecular weight excluding hydrogens is 465 g/mol. The van der Waals surface area contributed by atoms with Crippen LogP contribution in [0.1, 0.15) is 29.8 Å². The molecule has 0 bridgehead atoms. The van der Waals surface area contributed by atoms with Crippen LogP contribution in [0.4, 0.5) is 18.9 Å². The van der Waals surface area contributed by atoms with Crippen LogP contribution < -0.4 is 10.1 Å². The van der Waals surface area contributed by atoms with Crippen molar-refractivity contribution >= 4 is 27.6 Å². The molecule has 0 saturated heterocycles. The first-order valence-corrected chi connectivity index (χ1v) is 11.2. The number of nitrogens with zero attached hydrogens (tertiary/aromatic N) is 1. The van der Waals surface area contributed by atoms with Crippen molar-refractivity contribution in [1.29, 1.82) is 0 Å². The zero-order chi connectivity index (χ0) is 24.8. The molecule has 0 saturated carbocycles. The third-order valence-electron chi connectivity index (χ3n) is 4.55. The zero-order valence-electron chi connectivity index (χ0n) is 18.1. The summed E-state index contributed by atoms with van der Waals surface area (Å²) in [4.78, 5) is 24.1. The highest BCUT2D eigenvalue weighted by atomic mass is 32.2. The van der Waals surface area contributed by atoms with Crippen molar-refractivity contribution in [3.8, 4) is 5.75 Å². The summed E-state index contributed by atoms with van der Waals surface area (Å²) in [6.45, 7) is 3.02. The fourth-order valence-corrected chi connectivity index (χ4v) is 4.50. The maximum Gasteiger partial charge on any atom is 0.416 e. The quantitative estimate of drug-likeness (QED) is 0.542. The number of alkyl halides is 3. The zero-order valence-corrected chi connectivity index (χ0v) is 18.9. The maximum atomic E-state index is 12.9. The maximum absolute atomic E-state index is 12.9. The number of methoxy groups -OCH3 is 1. The minimum Gasteiger partial charge on any atom is -0.495 e. The summed E-state index contributed by atoms with van der Waals surface area (Å²) < 4.78 is 74.7. The fraction of sp³-hybridized carbons (Fsp3) is 0.333. The van der Waals surface area contributed by atoms with Gasteiger partial charge in [-0.3, -0.25) is 4.79 Å². The van der Waals surface area contributed by atoms with E-state index >= 15 is 0 Å². The van der Waals surface area contributed by atoms with E-state index in [1.165, 1.54) is 23.5 Å². The Morgan fingerprint density at radius 2 is 1.64 bits per heavy atom. The van der Waals surface area contributed by atoms with Crippen LogP contribution in [0, 0.1) is 0 Å². The Hall–Kier alpha value is -3.12. The molecule has 0 unspecified atom stereocenters. The van der Waals surface area contributed by atoms with Gasteiger partial charge in [0.05, 0.1) is 18.2 Å². The molecule has 0 spiro atoms. The van der Waals surface area contributed by atoms with E-state index < -0.39 is 40.2 Å². The second-order valence-corrected chi connectivity index (χ2v) is 8.56. The normalized spacial score (nSPS) is 11.8. The van der Waals surface area contributed by atoms with Gasteiger partial charge in [0, 0.05) is 18.8 Å². The van der Waals surface area contributed by atoms with Crippen LogP contribution in [0.5, 0.6) is 5.75 Å². The van der Waals surface area contributed by atoms with E-state index in [1.807, 2.05) is 0 Å². The summed E-state index contributed by atoms with van der Waals surface area (Å²) in [6.07, 6.45) is -4.51. The van der Waals surface area contributed by atoms with E-state index in [0.29, 0.717) is 0 Å². The predicted octanol–water partition coefficient (Wildman–Crippen LogP) is 3.54. The van der Waals surface area contributed by atoms with Gasteiger partial charge in [0.1, 0.15) is 10.6 Å². The number of carbonyl (C=O) groups excluding carboxylic acids is 2. The van der Waals surface area contributed by atoms with Crippen LogP contribution >= 0.6 is 0 Å². The van der Waals surface area contributed by atoms with Crippen molar-refractivity contribution in [2.45, 2.75) is 24.9 Å². The Balaban J connectivity index is 2.10. The molecular formula is C21H23F3N2O6S. The summed E-state index contributed by atoms with van der Waals surface area (Å²) in [6, 6.07) is 7.43. The van der Waals surface area contributed by atoms with Gasteiger partial charge in [-0.25, -0.2) is 13.2 Å². The lowest BCUT2D eigenvalue weighted by Crippen LogP contribution is -2.31. The first kappa shape index (κ1) is 26.1. The molecule has 1 N–H and O–H groups in total. The van der Waals surface area contributed by atoms with Crippen LogP contribution in [0.15, 0.2) is 47.4 Å². The van der Waals surface area contributed by atoms with Crippen LogP contribution in [0.2, 0.25) is 0 Å². The standard InChI is InChI=1S/C21H23F3N2O6S/c1-4-26(5-2)33(29,30)18-12-14(6-11-17(18)31-3)20(28)32-13-19(27)25-16-9-7-15(8-10-16)21(22,23)24/h6-12H,4-5,13H2,1-3H3,(H,25,27). The smallest absolute Gasteiger partial charge is 0.416 e. The Kier molecular flexibility index (Phi) is 8.45. The number of benzene rings is 2. The van der Waals surface area contributed by atoms with Crippen molar-refractivity contribution in [3.63, 3.8) is 0 Å². The van der Waals surface area contributed by atoms with Gasteiger partial charge in [0.15, 0.2) is 6.61 Å². The van der Waals surface area contributed by atoms with E-state index in [-0.39, 0.29) is 35.0 Å². The Labute approximate surface area is 189 Å². The number of halogens is 3. The molecule has 0 aromatic heterocycles. The Bertz CT molecular complexity index is 1100. The van der Waals surface area contributed by atoms with E-state index in [0.717, 1.165) is 30.3 Å². The number of amides is 1. The highest BCUT2D eigenvalue weighted by molar-refractivity contribution is 7.89. The van der Waals surface area contributed by atoms with E-state index in [1.54, 1.807) is 13.8 Å². The Morgan fingerprint density at radius 1 is 1.03 bits per heavy atom. The molecule has 0 radical (unpaired) electrons. The van der Waals surface area contributed by atoms with Gasteiger partial charge >= 0.3 is 12.1 Å². The average molecular weight is 488 g/mol. The number of anilines is 1. The summed E-state index contributed by atoms with van der Waals surface area (Å²) in [7, 11) is -2.65. The molecule has 1 amide bonds. The van der Waals surface area contributed by atoms with Gasteiger partial charge in [-0.1, -0.05) is 13.8 Å². The van der Waals surface area contributed by atoms with Gasteiger partial charge in [0.25, 0.3) is 5.91 Å². The second kappa shape index (κ2) is 10.7. The number of hydrogen-bond acceptors (Lipinski definition) is 6. The number of esters is 1. The summed E-state index contributed by atoms with van der Waals surface area (Å²) in [5, 5.41) is 2.31. The number of ether oxygens (including phenoxy) is 2. The van der Waals surface area contributed by atoms with Crippen LogP contribution in [-0.4, -0.2) is 51.4 Å². The van der Waals surface area contributed by atoms with Crippen molar-refractivity contribution < 1.29 is 40.7 Å². The topological polar surface area (TPSA) is 102 Å². The van der Waals surface area contributed by atoms with Gasteiger partial charge in [-0.15, -0.1) is 0 Å². The van der Waals surface area contributed by atoms with Crippen LogP contribution in [0.3, 0.4) is 0 Å². The molecule has 0 aliphatic rings. The highest BCUT2D eigenvalue weighted by Gasteiger charge is 2.30. The molecule has 180 valence electrons. The number of rotatable bonds is 9. The number of carbonyl (C=O) groups is 2. The molecule has 2 aromatic rings. The molecule has 0 aliphatic carbocycles. The third kappa shape index (κ3) is 6.45. The van der Waals surface area contributed by atoms with Gasteiger partial charge in [-0.2, -0.15) is 17.5 Å². The molecule has 33 heavy (non-hydrogen) atoms. The minimum atomic E-state index is -4.51. The molecule has 12 heteroatoms.